The van der Waals surface area contributed by atoms with Gasteiger partial charge in [-0.3, -0.25) is 14.7 Å². The zero-order valence-corrected chi connectivity index (χ0v) is 19.6. The maximum atomic E-state index is 12.4. The highest BCUT2D eigenvalue weighted by Gasteiger charge is 2.16. The minimum atomic E-state index is -0.165. The standard InChI is InChI=1S/C20H15BrClN5OS2/c1-12-25-26-19(30-12)24-18(28)11-29-20-23-10-17(13-5-7-14(21)8-6-13)27(20)16-4-2-3-15(22)9-16/h2-10H,11H2,1H3,(H,24,26,28). The van der Waals surface area contributed by atoms with Crippen LogP contribution in [-0.4, -0.2) is 31.4 Å². The summed E-state index contributed by atoms with van der Waals surface area (Å²) >= 11 is 12.4. The van der Waals surface area contributed by atoms with E-state index in [1.807, 2.05) is 60.0 Å². The fourth-order valence-electron chi connectivity index (χ4n) is 2.76. The van der Waals surface area contributed by atoms with E-state index in [2.05, 4.69) is 36.4 Å². The Kier molecular flexibility index (Phi) is 6.52. The van der Waals surface area contributed by atoms with Crippen LogP contribution in [0, 0.1) is 6.92 Å². The summed E-state index contributed by atoms with van der Waals surface area (Å²) in [6.45, 7) is 1.84. The predicted molar refractivity (Wildman–Crippen MR) is 126 cm³/mol. The molecule has 0 saturated heterocycles. The lowest BCUT2D eigenvalue weighted by Gasteiger charge is -2.12. The second-order valence-electron chi connectivity index (χ2n) is 6.21. The topological polar surface area (TPSA) is 72.7 Å². The van der Waals surface area contributed by atoms with Crippen molar-refractivity contribution < 1.29 is 4.79 Å². The number of imidazole rings is 1. The molecule has 10 heteroatoms. The number of nitrogens with zero attached hydrogens (tertiary/aromatic N) is 4. The van der Waals surface area contributed by atoms with Gasteiger partial charge in [0.05, 0.1) is 17.6 Å². The summed E-state index contributed by atoms with van der Waals surface area (Å²) in [5.74, 6) is 0.0256. The molecule has 152 valence electrons. The lowest BCUT2D eigenvalue weighted by Crippen LogP contribution is -2.14. The quantitative estimate of drug-likeness (QED) is 0.323. The van der Waals surface area contributed by atoms with Crippen molar-refractivity contribution in [1.82, 2.24) is 19.7 Å². The number of nitrogens with one attached hydrogen (secondary N) is 1. The molecule has 6 nitrogen and oxygen atoms in total. The number of rotatable bonds is 6. The molecule has 0 saturated carbocycles. The number of hydrogen-bond donors (Lipinski definition) is 1. The maximum absolute atomic E-state index is 12.4. The van der Waals surface area contributed by atoms with Gasteiger partial charge in [0, 0.05) is 20.7 Å². The minimum Gasteiger partial charge on any atom is -0.300 e. The Bertz CT molecular complexity index is 1190. The smallest absolute Gasteiger partial charge is 0.236 e. The Balaban J connectivity index is 1.62. The van der Waals surface area contributed by atoms with E-state index in [4.69, 9.17) is 11.6 Å². The third kappa shape index (κ3) is 4.92. The van der Waals surface area contributed by atoms with Crippen molar-refractivity contribution >= 4 is 61.7 Å². The summed E-state index contributed by atoms with van der Waals surface area (Å²) in [5.41, 5.74) is 2.79. The van der Waals surface area contributed by atoms with Crippen LogP contribution in [0.1, 0.15) is 5.01 Å². The highest BCUT2D eigenvalue weighted by atomic mass is 79.9. The first-order valence-electron chi connectivity index (χ1n) is 8.82. The summed E-state index contributed by atoms with van der Waals surface area (Å²) in [5, 5.41) is 13.2. The molecule has 0 spiro atoms. The van der Waals surface area contributed by atoms with Crippen LogP contribution in [0.5, 0.6) is 0 Å². The van der Waals surface area contributed by atoms with Crippen LogP contribution >= 0.6 is 50.6 Å². The molecule has 1 N–H and O–H groups in total. The zero-order valence-electron chi connectivity index (χ0n) is 15.7. The lowest BCUT2D eigenvalue weighted by atomic mass is 10.1. The summed E-state index contributed by atoms with van der Waals surface area (Å²) in [7, 11) is 0. The second-order valence-corrected chi connectivity index (χ2v) is 9.69. The highest BCUT2D eigenvalue weighted by Crippen LogP contribution is 2.31. The van der Waals surface area contributed by atoms with Crippen molar-refractivity contribution in [1.29, 1.82) is 0 Å². The van der Waals surface area contributed by atoms with Crippen LogP contribution in [0.25, 0.3) is 16.9 Å². The molecule has 0 unspecified atom stereocenters. The molecule has 0 fully saturated rings. The Morgan fingerprint density at radius 2 is 2.03 bits per heavy atom. The second kappa shape index (κ2) is 9.30. The Morgan fingerprint density at radius 3 is 2.73 bits per heavy atom. The average Bonchev–Trinajstić information content (AvgIpc) is 3.33. The number of anilines is 1. The molecule has 0 radical (unpaired) electrons. The molecule has 0 aliphatic heterocycles. The van der Waals surface area contributed by atoms with E-state index in [0.29, 0.717) is 15.3 Å². The molecule has 2 aromatic heterocycles. The first kappa shape index (κ1) is 21.0. The van der Waals surface area contributed by atoms with E-state index >= 15 is 0 Å². The number of benzene rings is 2. The van der Waals surface area contributed by atoms with Gasteiger partial charge in [0.1, 0.15) is 5.01 Å². The Morgan fingerprint density at radius 1 is 1.23 bits per heavy atom. The van der Waals surface area contributed by atoms with Crippen LogP contribution in [0.3, 0.4) is 0 Å². The van der Waals surface area contributed by atoms with Gasteiger partial charge in [0.2, 0.25) is 11.0 Å². The fraction of sp³-hybridized carbons (Fsp3) is 0.100. The van der Waals surface area contributed by atoms with Gasteiger partial charge in [-0.25, -0.2) is 4.98 Å². The predicted octanol–water partition coefficient (Wildman–Crippen LogP) is 5.85. The van der Waals surface area contributed by atoms with Gasteiger partial charge in [0.25, 0.3) is 0 Å². The first-order valence-corrected chi connectivity index (χ1v) is 11.8. The van der Waals surface area contributed by atoms with E-state index in [-0.39, 0.29) is 11.7 Å². The lowest BCUT2D eigenvalue weighted by molar-refractivity contribution is -0.113. The molecule has 0 atom stereocenters. The molecule has 4 rings (SSSR count). The number of hydrogen-bond acceptors (Lipinski definition) is 6. The van der Waals surface area contributed by atoms with Gasteiger partial charge in [0.15, 0.2) is 5.16 Å². The van der Waals surface area contributed by atoms with E-state index in [0.717, 1.165) is 26.4 Å². The van der Waals surface area contributed by atoms with Crippen molar-refractivity contribution in [2.75, 3.05) is 11.1 Å². The monoisotopic (exact) mass is 519 g/mol. The molecular weight excluding hydrogens is 506 g/mol. The maximum Gasteiger partial charge on any atom is 0.236 e. The number of halogens is 2. The van der Waals surface area contributed by atoms with Crippen molar-refractivity contribution in [3.8, 4) is 16.9 Å². The largest absolute Gasteiger partial charge is 0.300 e. The number of carbonyl (C=O) groups is 1. The van der Waals surface area contributed by atoms with Gasteiger partial charge in [-0.15, -0.1) is 10.2 Å². The highest BCUT2D eigenvalue weighted by molar-refractivity contribution is 9.10. The minimum absolute atomic E-state index is 0.165. The SMILES string of the molecule is Cc1nnc(NC(=O)CSc2ncc(-c3ccc(Br)cc3)n2-c2cccc(Cl)c2)s1. The molecule has 0 aliphatic rings. The summed E-state index contributed by atoms with van der Waals surface area (Å²) in [4.78, 5) is 16.9. The van der Waals surface area contributed by atoms with Crippen LogP contribution in [0.4, 0.5) is 5.13 Å². The van der Waals surface area contributed by atoms with Crippen LogP contribution in [0.15, 0.2) is 64.4 Å². The average molecular weight is 521 g/mol. The Labute approximate surface area is 194 Å². The summed E-state index contributed by atoms with van der Waals surface area (Å²) < 4.78 is 3.00. The first-order chi connectivity index (χ1) is 14.5. The molecular formula is C20H15BrClN5OS2. The van der Waals surface area contributed by atoms with E-state index in [9.17, 15) is 4.79 Å². The molecule has 1 amide bonds. The number of carbonyl (C=O) groups excluding carboxylic acids is 1. The van der Waals surface area contributed by atoms with Gasteiger partial charge < -0.3 is 0 Å². The molecule has 4 aromatic rings. The number of aromatic nitrogens is 4. The Hall–Kier alpha value is -2.20. The van der Waals surface area contributed by atoms with Crippen LogP contribution in [-0.2, 0) is 4.79 Å². The normalized spacial score (nSPS) is 10.9. The van der Waals surface area contributed by atoms with E-state index < -0.39 is 0 Å². The van der Waals surface area contributed by atoms with Crippen molar-refractivity contribution in [2.45, 2.75) is 12.1 Å². The zero-order chi connectivity index (χ0) is 21.1. The van der Waals surface area contributed by atoms with Gasteiger partial charge in [-0.2, -0.15) is 0 Å². The van der Waals surface area contributed by atoms with Crippen LogP contribution < -0.4 is 5.32 Å². The molecule has 2 heterocycles. The fourth-order valence-corrected chi connectivity index (χ4v) is 4.61. The molecule has 0 aliphatic carbocycles. The molecule has 0 bridgehead atoms. The van der Waals surface area contributed by atoms with E-state index in [1.165, 1.54) is 23.1 Å². The third-order valence-corrected chi connectivity index (χ3v) is 6.51. The summed E-state index contributed by atoms with van der Waals surface area (Å²) in [6.07, 6.45) is 1.80. The number of amides is 1. The van der Waals surface area contributed by atoms with Crippen LogP contribution in [0.2, 0.25) is 5.02 Å². The van der Waals surface area contributed by atoms with Gasteiger partial charge in [-0.05, 0) is 37.3 Å². The third-order valence-electron chi connectivity index (χ3n) is 4.04. The molecule has 2 aromatic carbocycles. The van der Waals surface area contributed by atoms with Gasteiger partial charge >= 0.3 is 0 Å². The summed E-state index contributed by atoms with van der Waals surface area (Å²) in [6, 6.07) is 15.5. The van der Waals surface area contributed by atoms with E-state index in [1.54, 1.807) is 6.20 Å². The number of thioether (sulfide) groups is 1. The number of aryl methyl sites for hydroxylation is 1. The van der Waals surface area contributed by atoms with Gasteiger partial charge in [-0.1, -0.05) is 68.8 Å². The molecule has 30 heavy (non-hydrogen) atoms. The van der Waals surface area contributed by atoms with Crippen molar-refractivity contribution in [3.63, 3.8) is 0 Å². The van der Waals surface area contributed by atoms with Crippen molar-refractivity contribution in [2.24, 2.45) is 0 Å². The van der Waals surface area contributed by atoms with Crippen molar-refractivity contribution in [3.05, 3.63) is 69.2 Å².